The molecule has 0 saturated carbocycles. The molecular formula is C26H41Cl2N3S2. The molecule has 3 nitrogen and oxygen atoms in total. The van der Waals surface area contributed by atoms with Gasteiger partial charge in [-0.2, -0.15) is 0 Å². The monoisotopic (exact) mass is 529 g/mol. The Labute approximate surface area is 221 Å². The molecular weight excluding hydrogens is 489 g/mol. The number of halogens is 2. The number of rotatable bonds is 13. The van der Waals surface area contributed by atoms with E-state index in [1.54, 1.807) is 0 Å². The van der Waals surface area contributed by atoms with E-state index in [2.05, 4.69) is 85.4 Å². The number of thioether (sulfide) groups is 2. The van der Waals surface area contributed by atoms with Crippen LogP contribution < -0.4 is 0 Å². The Kier molecular flexibility index (Phi) is 14.3. The van der Waals surface area contributed by atoms with Crippen LogP contribution in [0.4, 0.5) is 0 Å². The Balaban J connectivity index is 0.00000272. The molecule has 0 bridgehead atoms. The first-order valence-corrected chi connectivity index (χ1v) is 13.9. The van der Waals surface area contributed by atoms with Crippen molar-refractivity contribution in [2.75, 3.05) is 50.8 Å². The number of aryl methyl sites for hydroxylation is 1. The molecule has 2 aromatic carbocycles. The molecule has 0 radical (unpaired) electrons. The second-order valence-electron chi connectivity index (χ2n) is 7.85. The van der Waals surface area contributed by atoms with Crippen LogP contribution >= 0.6 is 48.3 Å². The van der Waals surface area contributed by atoms with Crippen molar-refractivity contribution < 1.29 is 0 Å². The Morgan fingerprint density at radius 2 is 1.03 bits per heavy atom. The molecule has 0 spiro atoms. The minimum atomic E-state index is 0. The van der Waals surface area contributed by atoms with E-state index in [1.807, 2.05) is 23.5 Å². The molecule has 0 fully saturated rings. The van der Waals surface area contributed by atoms with E-state index in [0.29, 0.717) is 0 Å². The van der Waals surface area contributed by atoms with Crippen LogP contribution in [0.25, 0.3) is 21.8 Å². The highest BCUT2D eigenvalue weighted by Gasteiger charge is 2.12. The summed E-state index contributed by atoms with van der Waals surface area (Å²) in [5, 5.41) is 2.80. The molecule has 0 atom stereocenters. The summed E-state index contributed by atoms with van der Waals surface area (Å²) < 4.78 is 2.46. The van der Waals surface area contributed by atoms with E-state index < -0.39 is 0 Å². The lowest BCUT2D eigenvalue weighted by Crippen LogP contribution is -2.25. The van der Waals surface area contributed by atoms with E-state index >= 15 is 0 Å². The second kappa shape index (κ2) is 15.4. The minimum absolute atomic E-state index is 0. The van der Waals surface area contributed by atoms with E-state index in [-0.39, 0.29) is 24.8 Å². The third-order valence-electron chi connectivity index (χ3n) is 6.27. The van der Waals surface area contributed by atoms with Crippen molar-refractivity contribution in [3.63, 3.8) is 0 Å². The quantitative estimate of drug-likeness (QED) is 0.212. The molecule has 0 aliphatic carbocycles. The average Bonchev–Trinajstić information content (AvgIpc) is 3.12. The van der Waals surface area contributed by atoms with Crippen LogP contribution in [-0.2, 0) is 6.54 Å². The molecule has 3 rings (SSSR count). The number of fused-ring (bicyclic) bond motifs is 3. The molecule has 0 unspecified atom stereocenters. The predicted octanol–water partition coefficient (Wildman–Crippen LogP) is 7.53. The first-order chi connectivity index (χ1) is 15.1. The predicted molar refractivity (Wildman–Crippen MR) is 157 cm³/mol. The summed E-state index contributed by atoms with van der Waals surface area (Å²) in [6.45, 7) is 19.1. The first kappa shape index (κ1) is 30.5. The van der Waals surface area contributed by atoms with Crippen molar-refractivity contribution in [2.45, 2.75) is 51.0 Å². The van der Waals surface area contributed by atoms with Crippen molar-refractivity contribution in [1.82, 2.24) is 14.4 Å². The standard InChI is InChI=1S/C26H39N3S2.2ClH/c1-6-27(7-2)15-17-30-21-11-13-25-23(19-21)24-20-22(12-14-26(24)29(25)10-5)31-18-16-28(8-3)9-4;;/h11-14,19-20H,6-10,15-18H2,1-5H3;2*1H. The van der Waals surface area contributed by atoms with Gasteiger partial charge in [0.05, 0.1) is 0 Å². The zero-order valence-corrected chi connectivity index (χ0v) is 24.1. The van der Waals surface area contributed by atoms with Crippen molar-refractivity contribution in [2.24, 2.45) is 0 Å². The highest BCUT2D eigenvalue weighted by Crippen LogP contribution is 2.34. The Bertz CT molecular complexity index is 894. The normalized spacial score (nSPS) is 11.4. The third-order valence-corrected chi connectivity index (χ3v) is 8.21. The number of hydrogen-bond acceptors (Lipinski definition) is 4. The van der Waals surface area contributed by atoms with Gasteiger partial charge in [-0.25, -0.2) is 0 Å². The Hall–Kier alpha value is -0.560. The fourth-order valence-electron chi connectivity index (χ4n) is 4.25. The molecule has 0 aliphatic rings. The first-order valence-electron chi connectivity index (χ1n) is 11.9. The zero-order chi connectivity index (χ0) is 22.2. The van der Waals surface area contributed by atoms with Gasteiger partial charge in [0.1, 0.15) is 0 Å². The number of aromatic nitrogens is 1. The molecule has 3 aromatic rings. The largest absolute Gasteiger partial charge is 0.341 e. The highest BCUT2D eigenvalue weighted by atomic mass is 35.5. The van der Waals surface area contributed by atoms with Crippen LogP contribution in [0, 0.1) is 0 Å². The molecule has 0 aliphatic heterocycles. The van der Waals surface area contributed by atoms with Crippen LogP contribution in [0.1, 0.15) is 34.6 Å². The lowest BCUT2D eigenvalue weighted by atomic mass is 10.1. The van der Waals surface area contributed by atoms with Gasteiger partial charge in [-0.05, 0) is 69.5 Å². The smallest absolute Gasteiger partial charge is 0.0492 e. The van der Waals surface area contributed by atoms with Crippen molar-refractivity contribution >= 4 is 70.1 Å². The number of hydrogen-bond donors (Lipinski definition) is 0. The van der Waals surface area contributed by atoms with Crippen LogP contribution in [-0.4, -0.2) is 65.1 Å². The zero-order valence-electron chi connectivity index (χ0n) is 20.8. The van der Waals surface area contributed by atoms with Gasteiger partial charge in [-0.15, -0.1) is 48.3 Å². The van der Waals surface area contributed by atoms with E-state index in [4.69, 9.17) is 0 Å². The van der Waals surface area contributed by atoms with Gasteiger partial charge < -0.3 is 14.4 Å². The van der Waals surface area contributed by atoms with Gasteiger partial charge in [-0.1, -0.05) is 27.7 Å². The minimum Gasteiger partial charge on any atom is -0.341 e. The second-order valence-corrected chi connectivity index (χ2v) is 10.2. The molecule has 1 heterocycles. The average molecular weight is 531 g/mol. The molecule has 0 amide bonds. The molecule has 7 heteroatoms. The van der Waals surface area contributed by atoms with Gasteiger partial charge in [-0.3, -0.25) is 0 Å². The maximum atomic E-state index is 2.50. The van der Waals surface area contributed by atoms with Crippen molar-refractivity contribution in [1.29, 1.82) is 0 Å². The summed E-state index contributed by atoms with van der Waals surface area (Å²) >= 11 is 3.97. The Morgan fingerprint density at radius 3 is 1.36 bits per heavy atom. The van der Waals surface area contributed by atoms with E-state index in [9.17, 15) is 0 Å². The summed E-state index contributed by atoms with van der Waals surface area (Å²) in [5.41, 5.74) is 2.71. The van der Waals surface area contributed by atoms with Gasteiger partial charge in [0.2, 0.25) is 0 Å². The van der Waals surface area contributed by atoms with Crippen LogP contribution in [0.3, 0.4) is 0 Å². The molecule has 186 valence electrons. The van der Waals surface area contributed by atoms with Crippen LogP contribution in [0.2, 0.25) is 0 Å². The SMILES string of the molecule is CCN(CC)CCSc1ccc2c(c1)c1cc(SCCN(CC)CC)ccc1n2CC.Cl.Cl. The lowest BCUT2D eigenvalue weighted by Gasteiger charge is -2.17. The highest BCUT2D eigenvalue weighted by molar-refractivity contribution is 7.99. The topological polar surface area (TPSA) is 11.4 Å². The number of nitrogens with zero attached hydrogens (tertiary/aromatic N) is 3. The van der Waals surface area contributed by atoms with Crippen LogP contribution in [0.5, 0.6) is 0 Å². The van der Waals surface area contributed by atoms with E-state index in [0.717, 1.165) is 57.3 Å². The summed E-state index contributed by atoms with van der Waals surface area (Å²) in [6, 6.07) is 14.1. The van der Waals surface area contributed by atoms with Gasteiger partial charge in [0.25, 0.3) is 0 Å². The molecule has 0 N–H and O–H groups in total. The fraction of sp³-hybridized carbons (Fsp3) is 0.538. The maximum Gasteiger partial charge on any atom is 0.0492 e. The molecule has 33 heavy (non-hydrogen) atoms. The Morgan fingerprint density at radius 1 is 0.636 bits per heavy atom. The molecule has 0 saturated heterocycles. The fourth-order valence-corrected chi connectivity index (χ4v) is 6.15. The summed E-state index contributed by atoms with van der Waals surface area (Å²) in [5.74, 6) is 2.29. The maximum absolute atomic E-state index is 2.50. The number of benzene rings is 2. The van der Waals surface area contributed by atoms with E-state index in [1.165, 1.54) is 31.6 Å². The van der Waals surface area contributed by atoms with Gasteiger partial charge >= 0.3 is 0 Å². The summed E-state index contributed by atoms with van der Waals surface area (Å²) in [7, 11) is 0. The van der Waals surface area contributed by atoms with Gasteiger partial charge in [0.15, 0.2) is 0 Å². The molecule has 1 aromatic heterocycles. The van der Waals surface area contributed by atoms with Gasteiger partial charge in [0, 0.05) is 62.7 Å². The summed E-state index contributed by atoms with van der Waals surface area (Å²) in [4.78, 5) is 7.76. The lowest BCUT2D eigenvalue weighted by molar-refractivity contribution is 0.324. The summed E-state index contributed by atoms with van der Waals surface area (Å²) in [6.07, 6.45) is 0. The van der Waals surface area contributed by atoms with Crippen LogP contribution in [0.15, 0.2) is 46.2 Å². The van der Waals surface area contributed by atoms with Crippen molar-refractivity contribution in [3.8, 4) is 0 Å². The van der Waals surface area contributed by atoms with Crippen molar-refractivity contribution in [3.05, 3.63) is 36.4 Å². The third kappa shape index (κ3) is 7.71.